The SMILES string of the molecule is C#CCn1c(=NC(=O)Cc2ccc(Cl)s2)sc2cc(OC)ccc21. The van der Waals surface area contributed by atoms with E-state index in [4.69, 9.17) is 22.8 Å². The summed E-state index contributed by atoms with van der Waals surface area (Å²) in [6.45, 7) is 0.350. The van der Waals surface area contributed by atoms with Crippen molar-refractivity contribution in [1.29, 1.82) is 0 Å². The first-order valence-electron chi connectivity index (χ1n) is 7.03. The summed E-state index contributed by atoms with van der Waals surface area (Å²) in [5.41, 5.74) is 0.935. The number of nitrogens with zero attached hydrogens (tertiary/aromatic N) is 2. The van der Waals surface area contributed by atoms with Crippen LogP contribution >= 0.6 is 34.3 Å². The maximum absolute atomic E-state index is 12.3. The molecule has 0 atom stereocenters. The molecule has 7 heteroatoms. The summed E-state index contributed by atoms with van der Waals surface area (Å²) in [5, 5.41) is 0. The Morgan fingerprint density at radius 1 is 1.38 bits per heavy atom. The average molecular weight is 377 g/mol. The molecule has 2 heterocycles. The van der Waals surface area contributed by atoms with Crippen LogP contribution in [0.15, 0.2) is 35.3 Å². The number of halogens is 1. The third-order valence-corrected chi connectivity index (χ3v) is 5.59. The zero-order valence-corrected chi connectivity index (χ0v) is 15.2. The quantitative estimate of drug-likeness (QED) is 0.651. The van der Waals surface area contributed by atoms with Crippen LogP contribution in [0.25, 0.3) is 10.2 Å². The number of hydrogen-bond donors (Lipinski definition) is 0. The van der Waals surface area contributed by atoms with Gasteiger partial charge in [-0.25, -0.2) is 0 Å². The van der Waals surface area contributed by atoms with Gasteiger partial charge in [0.25, 0.3) is 5.91 Å². The van der Waals surface area contributed by atoms with E-state index in [2.05, 4.69) is 10.9 Å². The van der Waals surface area contributed by atoms with Crippen LogP contribution < -0.4 is 9.54 Å². The maximum atomic E-state index is 12.3. The number of carbonyl (C=O) groups excluding carboxylic acids is 1. The summed E-state index contributed by atoms with van der Waals surface area (Å²) in [7, 11) is 1.62. The molecule has 0 fully saturated rings. The second-order valence-corrected chi connectivity index (χ2v) is 7.71. The first-order chi connectivity index (χ1) is 11.6. The van der Waals surface area contributed by atoms with Gasteiger partial charge >= 0.3 is 0 Å². The van der Waals surface area contributed by atoms with Gasteiger partial charge < -0.3 is 9.30 Å². The van der Waals surface area contributed by atoms with Gasteiger partial charge in [-0.15, -0.1) is 17.8 Å². The number of carbonyl (C=O) groups is 1. The lowest BCUT2D eigenvalue weighted by Crippen LogP contribution is -2.16. The Morgan fingerprint density at radius 3 is 2.88 bits per heavy atom. The number of hydrogen-bond acceptors (Lipinski definition) is 4. The molecule has 4 nitrogen and oxygen atoms in total. The topological polar surface area (TPSA) is 43.6 Å². The minimum Gasteiger partial charge on any atom is -0.497 e. The van der Waals surface area contributed by atoms with Gasteiger partial charge in [-0.3, -0.25) is 4.79 Å². The van der Waals surface area contributed by atoms with Crippen LogP contribution in [0.5, 0.6) is 5.75 Å². The van der Waals surface area contributed by atoms with Gasteiger partial charge in [-0.1, -0.05) is 28.9 Å². The van der Waals surface area contributed by atoms with Gasteiger partial charge in [-0.05, 0) is 30.3 Å². The first-order valence-corrected chi connectivity index (χ1v) is 9.04. The van der Waals surface area contributed by atoms with Gasteiger partial charge in [0.15, 0.2) is 4.80 Å². The fraction of sp³-hybridized carbons (Fsp3) is 0.176. The minimum atomic E-state index is -0.224. The number of ether oxygens (including phenoxy) is 1. The highest BCUT2D eigenvalue weighted by Crippen LogP contribution is 2.24. The zero-order valence-electron chi connectivity index (χ0n) is 12.8. The molecule has 0 bridgehead atoms. The molecule has 2 aromatic heterocycles. The van der Waals surface area contributed by atoms with Crippen molar-refractivity contribution in [3.8, 4) is 18.1 Å². The van der Waals surface area contributed by atoms with E-state index in [1.807, 2.05) is 28.8 Å². The van der Waals surface area contributed by atoms with E-state index in [0.29, 0.717) is 15.7 Å². The molecule has 0 spiro atoms. The van der Waals surface area contributed by atoms with E-state index in [9.17, 15) is 4.79 Å². The summed E-state index contributed by atoms with van der Waals surface area (Å²) in [6.07, 6.45) is 5.69. The van der Waals surface area contributed by atoms with Crippen molar-refractivity contribution in [1.82, 2.24) is 4.57 Å². The summed E-state index contributed by atoms with van der Waals surface area (Å²) in [5.74, 6) is 3.14. The molecule has 1 aromatic carbocycles. The fourth-order valence-corrected chi connectivity index (χ4v) is 4.41. The number of fused-ring (bicyclic) bond motifs is 1. The highest BCUT2D eigenvalue weighted by Gasteiger charge is 2.10. The predicted octanol–water partition coefficient (Wildman–Crippen LogP) is 3.73. The van der Waals surface area contributed by atoms with Crippen molar-refractivity contribution in [3.63, 3.8) is 0 Å². The lowest BCUT2D eigenvalue weighted by atomic mass is 10.3. The second kappa shape index (κ2) is 7.22. The van der Waals surface area contributed by atoms with Crippen LogP contribution in [-0.2, 0) is 17.8 Å². The van der Waals surface area contributed by atoms with Crippen molar-refractivity contribution in [3.05, 3.63) is 44.3 Å². The molecule has 3 aromatic rings. The van der Waals surface area contributed by atoms with Crippen LogP contribution in [0, 0.1) is 12.3 Å². The number of amides is 1. The minimum absolute atomic E-state index is 0.224. The average Bonchev–Trinajstić information content (AvgIpc) is 3.11. The molecule has 24 heavy (non-hydrogen) atoms. The van der Waals surface area contributed by atoms with Crippen molar-refractivity contribution >= 4 is 50.4 Å². The highest BCUT2D eigenvalue weighted by molar-refractivity contribution is 7.16. The van der Waals surface area contributed by atoms with E-state index < -0.39 is 0 Å². The number of methoxy groups -OCH3 is 1. The van der Waals surface area contributed by atoms with Gasteiger partial charge in [0.2, 0.25) is 0 Å². The third kappa shape index (κ3) is 3.54. The zero-order chi connectivity index (χ0) is 17.1. The monoisotopic (exact) mass is 376 g/mol. The van der Waals surface area contributed by atoms with E-state index in [1.165, 1.54) is 22.7 Å². The lowest BCUT2D eigenvalue weighted by molar-refractivity contribution is -0.117. The number of terminal acetylenes is 1. The van der Waals surface area contributed by atoms with Crippen molar-refractivity contribution < 1.29 is 9.53 Å². The summed E-state index contributed by atoms with van der Waals surface area (Å²) in [4.78, 5) is 18.0. The highest BCUT2D eigenvalue weighted by atomic mass is 35.5. The molecule has 1 amide bonds. The Bertz CT molecular complexity index is 1010. The Labute approximate surface area is 152 Å². The Morgan fingerprint density at radius 2 is 2.21 bits per heavy atom. The van der Waals surface area contributed by atoms with E-state index in [1.54, 1.807) is 13.2 Å². The van der Waals surface area contributed by atoms with Crippen molar-refractivity contribution in [2.24, 2.45) is 4.99 Å². The first kappa shape index (κ1) is 16.8. The number of benzene rings is 1. The largest absolute Gasteiger partial charge is 0.497 e. The van der Waals surface area contributed by atoms with Crippen LogP contribution in [0.3, 0.4) is 0 Å². The molecule has 0 aliphatic heterocycles. The van der Waals surface area contributed by atoms with Gasteiger partial charge in [0.1, 0.15) is 5.75 Å². The summed E-state index contributed by atoms with van der Waals surface area (Å²) in [6, 6.07) is 9.31. The van der Waals surface area contributed by atoms with Gasteiger partial charge in [-0.2, -0.15) is 4.99 Å². The molecule has 0 aliphatic carbocycles. The van der Waals surface area contributed by atoms with E-state index in [-0.39, 0.29) is 12.3 Å². The second-order valence-electron chi connectivity index (χ2n) is 4.90. The predicted molar refractivity (Wildman–Crippen MR) is 98.8 cm³/mol. The molecule has 122 valence electrons. The van der Waals surface area contributed by atoms with Crippen LogP contribution in [-0.4, -0.2) is 17.6 Å². The van der Waals surface area contributed by atoms with Crippen LogP contribution in [0.2, 0.25) is 4.34 Å². The van der Waals surface area contributed by atoms with Gasteiger partial charge in [0, 0.05) is 4.88 Å². The molecule has 0 aliphatic rings. The molecule has 0 unspecified atom stereocenters. The van der Waals surface area contributed by atoms with E-state index in [0.717, 1.165) is 20.8 Å². The fourth-order valence-electron chi connectivity index (χ4n) is 2.25. The normalized spacial score (nSPS) is 11.6. The standard InChI is InChI=1S/C17H13ClN2O2S2/c1-3-8-20-13-6-4-11(22-2)9-14(13)24-17(20)19-16(21)10-12-5-7-15(18)23-12/h1,4-7,9H,8,10H2,2H3. The molecule has 0 radical (unpaired) electrons. The van der Waals surface area contributed by atoms with Crippen molar-refractivity contribution in [2.45, 2.75) is 13.0 Å². The van der Waals surface area contributed by atoms with Crippen LogP contribution in [0.1, 0.15) is 4.88 Å². The smallest absolute Gasteiger partial charge is 0.253 e. The molecular formula is C17H13ClN2O2S2. The van der Waals surface area contributed by atoms with Crippen LogP contribution in [0.4, 0.5) is 0 Å². The number of thiophene rings is 1. The Balaban J connectivity index is 2.01. The number of thiazole rings is 1. The molecule has 0 saturated heterocycles. The number of rotatable bonds is 4. The van der Waals surface area contributed by atoms with E-state index >= 15 is 0 Å². The molecule has 0 N–H and O–H groups in total. The van der Waals surface area contributed by atoms with Gasteiger partial charge in [0.05, 0.1) is 34.6 Å². The molecule has 3 rings (SSSR count). The Kier molecular flexibility index (Phi) is 5.05. The van der Waals surface area contributed by atoms with Crippen molar-refractivity contribution in [2.75, 3.05) is 7.11 Å². The Hall–Kier alpha value is -2.07. The molecular weight excluding hydrogens is 364 g/mol. The third-order valence-electron chi connectivity index (χ3n) is 3.31. The maximum Gasteiger partial charge on any atom is 0.253 e. The number of aromatic nitrogens is 1. The molecule has 0 saturated carbocycles. The summed E-state index contributed by atoms with van der Waals surface area (Å²) >= 11 is 8.69. The summed E-state index contributed by atoms with van der Waals surface area (Å²) < 4.78 is 8.73. The lowest BCUT2D eigenvalue weighted by Gasteiger charge is -2.01.